The summed E-state index contributed by atoms with van der Waals surface area (Å²) in [6.07, 6.45) is 1.69. The van der Waals surface area contributed by atoms with Crippen LogP contribution in [-0.4, -0.2) is 49.1 Å². The summed E-state index contributed by atoms with van der Waals surface area (Å²) in [6, 6.07) is 0. The van der Waals surface area contributed by atoms with Gasteiger partial charge in [-0.05, 0) is 76.3 Å². The molecule has 1 heterocycles. The summed E-state index contributed by atoms with van der Waals surface area (Å²) >= 11 is 7.04. The van der Waals surface area contributed by atoms with Gasteiger partial charge in [0.25, 0.3) is 6.47 Å². The smallest absolute Gasteiger partial charge is 0.355 e. The Labute approximate surface area is 185 Å². The van der Waals surface area contributed by atoms with Crippen molar-refractivity contribution in [2.24, 2.45) is 0 Å². The summed E-state index contributed by atoms with van der Waals surface area (Å²) in [7, 11) is 1.89. The predicted molar refractivity (Wildman–Crippen MR) is 125 cm³/mol. The Balaban J connectivity index is -0.000000477. The van der Waals surface area contributed by atoms with Gasteiger partial charge < -0.3 is 19.4 Å². The van der Waals surface area contributed by atoms with E-state index in [0.29, 0.717) is 18.8 Å². The van der Waals surface area contributed by atoms with Crippen LogP contribution in [0.15, 0.2) is 4.47 Å². The average Bonchev–Trinajstić information content (AvgIpc) is 2.87. The van der Waals surface area contributed by atoms with Crippen LogP contribution in [0, 0.1) is 13.8 Å². The third-order valence-corrected chi connectivity index (χ3v) is 4.30. The van der Waals surface area contributed by atoms with Crippen molar-refractivity contribution in [2.75, 3.05) is 26.5 Å². The standard InChI is InChI=1S/C12H19BrN2O2.C5H10O2.C2H6.CH4S/c1-5-17-12(16)11-8(2)10(13)9(3)15(11)7-6-14-4;1-5(2,3)7-4-6;2*1-2/h14H,5-7H2,1-4H3;4H,1-3H3;1-2H3;2H,1H3. The van der Waals surface area contributed by atoms with Crippen LogP contribution in [0.1, 0.15) is 63.3 Å². The van der Waals surface area contributed by atoms with Crippen LogP contribution >= 0.6 is 28.6 Å². The summed E-state index contributed by atoms with van der Waals surface area (Å²) in [5.41, 5.74) is 2.33. The largest absolute Gasteiger partial charge is 0.462 e. The topological polar surface area (TPSA) is 69.6 Å². The van der Waals surface area contributed by atoms with E-state index in [0.717, 1.165) is 28.8 Å². The normalized spacial score (nSPS) is 9.57. The van der Waals surface area contributed by atoms with E-state index in [4.69, 9.17) is 4.74 Å². The minimum absolute atomic E-state index is 0.255. The molecule has 1 N–H and O–H groups in total. The SMILES string of the molecule is CC.CC(C)(C)OC=O.CCOC(=O)c1c(C)c(Br)c(C)n1CCNC.CS. The highest BCUT2D eigenvalue weighted by molar-refractivity contribution is 9.10. The Morgan fingerprint density at radius 2 is 1.75 bits per heavy atom. The lowest BCUT2D eigenvalue weighted by Crippen LogP contribution is -2.20. The number of hydrogen-bond donors (Lipinski definition) is 2. The first-order valence-corrected chi connectivity index (χ1v) is 11.0. The van der Waals surface area contributed by atoms with E-state index in [2.05, 4.69) is 38.6 Å². The van der Waals surface area contributed by atoms with E-state index in [1.165, 1.54) is 0 Å². The molecule has 0 aromatic carbocycles. The second-order valence-corrected chi connectivity index (χ2v) is 6.97. The van der Waals surface area contributed by atoms with Crippen molar-refractivity contribution < 1.29 is 19.1 Å². The van der Waals surface area contributed by atoms with Gasteiger partial charge in [-0.25, -0.2) is 4.79 Å². The molecule has 28 heavy (non-hydrogen) atoms. The van der Waals surface area contributed by atoms with E-state index >= 15 is 0 Å². The lowest BCUT2D eigenvalue weighted by atomic mass is 10.2. The van der Waals surface area contributed by atoms with Gasteiger partial charge in [-0.3, -0.25) is 4.79 Å². The van der Waals surface area contributed by atoms with Gasteiger partial charge in [-0.15, -0.1) is 0 Å². The average molecular weight is 484 g/mol. The van der Waals surface area contributed by atoms with Gasteiger partial charge in [0.15, 0.2) is 0 Å². The lowest BCUT2D eigenvalue weighted by Gasteiger charge is -2.14. The van der Waals surface area contributed by atoms with Crippen molar-refractivity contribution in [3.05, 3.63) is 21.4 Å². The first-order valence-electron chi connectivity index (χ1n) is 9.33. The highest BCUT2D eigenvalue weighted by Gasteiger charge is 2.21. The Bertz CT molecular complexity index is 555. The van der Waals surface area contributed by atoms with E-state index in [1.807, 2.05) is 67.0 Å². The molecule has 0 unspecified atom stereocenters. The molecule has 0 fully saturated rings. The molecule has 8 heteroatoms. The Morgan fingerprint density at radius 3 is 2.07 bits per heavy atom. The molecule has 166 valence electrons. The van der Waals surface area contributed by atoms with Gasteiger partial charge in [0, 0.05) is 23.3 Å². The Hall–Kier alpha value is -0.990. The van der Waals surface area contributed by atoms with Gasteiger partial charge in [-0.2, -0.15) is 12.6 Å². The molecule has 0 saturated carbocycles. The molecule has 0 radical (unpaired) electrons. The van der Waals surface area contributed by atoms with Crippen molar-refractivity contribution >= 4 is 41.0 Å². The van der Waals surface area contributed by atoms with Crippen LogP contribution in [0.3, 0.4) is 0 Å². The van der Waals surface area contributed by atoms with Crippen LogP contribution in [-0.2, 0) is 20.8 Å². The summed E-state index contributed by atoms with van der Waals surface area (Å²) in [6.45, 7) is 17.6. The quantitative estimate of drug-likeness (QED) is 0.346. The van der Waals surface area contributed by atoms with E-state index in [-0.39, 0.29) is 11.6 Å². The van der Waals surface area contributed by atoms with Gasteiger partial charge in [0.2, 0.25) is 0 Å². The minimum Gasteiger partial charge on any atom is -0.462 e. The maximum Gasteiger partial charge on any atom is 0.355 e. The number of hydrogen-bond acceptors (Lipinski definition) is 6. The van der Waals surface area contributed by atoms with Crippen LogP contribution in [0.2, 0.25) is 0 Å². The number of thiol groups is 1. The number of halogens is 1. The zero-order valence-electron chi connectivity index (χ0n) is 19.1. The summed E-state index contributed by atoms with van der Waals surface area (Å²) in [5, 5.41) is 3.08. The number of likely N-dealkylation sites (N-methyl/N-ethyl adjacent to an activating group) is 1. The molecule has 0 aliphatic rings. The highest BCUT2D eigenvalue weighted by atomic mass is 79.9. The third-order valence-electron chi connectivity index (χ3n) is 3.13. The molecule has 0 aliphatic carbocycles. The van der Waals surface area contributed by atoms with Gasteiger partial charge in [-0.1, -0.05) is 13.8 Å². The number of rotatable bonds is 6. The second-order valence-electron chi connectivity index (χ2n) is 6.18. The Morgan fingerprint density at radius 1 is 1.25 bits per heavy atom. The molecule has 6 nitrogen and oxygen atoms in total. The zero-order chi connectivity index (χ0) is 22.9. The lowest BCUT2D eigenvalue weighted by molar-refractivity contribution is -0.138. The van der Waals surface area contributed by atoms with E-state index < -0.39 is 0 Å². The monoisotopic (exact) mass is 482 g/mol. The highest BCUT2D eigenvalue weighted by Crippen LogP contribution is 2.27. The molecule has 1 aromatic rings. The van der Waals surface area contributed by atoms with Crippen LogP contribution in [0.4, 0.5) is 0 Å². The predicted octanol–water partition coefficient (Wildman–Crippen LogP) is 4.79. The number of carbonyl (C=O) groups is 2. The fourth-order valence-corrected chi connectivity index (χ4v) is 2.38. The number of nitrogens with one attached hydrogen (secondary N) is 1. The zero-order valence-corrected chi connectivity index (χ0v) is 21.6. The molecular weight excluding hydrogens is 444 g/mol. The molecule has 0 atom stereocenters. The fraction of sp³-hybridized carbons (Fsp3) is 0.700. The van der Waals surface area contributed by atoms with E-state index in [9.17, 15) is 9.59 Å². The number of aromatic nitrogens is 1. The van der Waals surface area contributed by atoms with Gasteiger partial charge in [0.05, 0.1) is 6.61 Å². The van der Waals surface area contributed by atoms with Gasteiger partial charge in [0.1, 0.15) is 11.3 Å². The number of ether oxygens (including phenoxy) is 2. The summed E-state index contributed by atoms with van der Waals surface area (Å²) < 4.78 is 12.6. The van der Waals surface area contributed by atoms with Crippen LogP contribution in [0.25, 0.3) is 0 Å². The number of esters is 1. The number of carbonyl (C=O) groups excluding carboxylic acids is 2. The first kappa shape index (κ1) is 31.7. The Kier molecular flexibility index (Phi) is 20.5. The maximum absolute atomic E-state index is 11.9. The molecule has 1 rings (SSSR count). The van der Waals surface area contributed by atoms with Crippen molar-refractivity contribution in [1.82, 2.24) is 9.88 Å². The minimum atomic E-state index is -0.318. The van der Waals surface area contributed by atoms with Crippen molar-refractivity contribution in [2.45, 2.75) is 67.5 Å². The van der Waals surface area contributed by atoms with E-state index in [1.54, 1.807) is 6.26 Å². The fourth-order valence-electron chi connectivity index (χ4n) is 1.97. The molecule has 0 aliphatic heterocycles. The van der Waals surface area contributed by atoms with Crippen molar-refractivity contribution in [1.29, 1.82) is 0 Å². The third kappa shape index (κ3) is 12.5. The van der Waals surface area contributed by atoms with Crippen LogP contribution in [0.5, 0.6) is 0 Å². The summed E-state index contributed by atoms with van der Waals surface area (Å²) in [5.74, 6) is -0.255. The van der Waals surface area contributed by atoms with Gasteiger partial charge >= 0.3 is 5.97 Å². The summed E-state index contributed by atoms with van der Waals surface area (Å²) in [4.78, 5) is 21.5. The second kappa shape index (κ2) is 18.1. The maximum atomic E-state index is 11.9. The molecule has 0 spiro atoms. The first-order chi connectivity index (χ1) is 13.1. The van der Waals surface area contributed by atoms with Crippen molar-refractivity contribution in [3.63, 3.8) is 0 Å². The molecule has 0 amide bonds. The number of nitrogens with zero attached hydrogens (tertiary/aromatic N) is 1. The molecule has 0 saturated heterocycles. The molecule has 0 bridgehead atoms. The molecular formula is C20H39BrN2O4S. The van der Waals surface area contributed by atoms with Crippen LogP contribution < -0.4 is 5.32 Å². The van der Waals surface area contributed by atoms with Crippen molar-refractivity contribution in [3.8, 4) is 0 Å². The molecule has 1 aromatic heterocycles.